The summed E-state index contributed by atoms with van der Waals surface area (Å²) in [6.45, 7) is 11.0. The molecule has 224 valence electrons. The van der Waals surface area contributed by atoms with Gasteiger partial charge < -0.3 is 15.2 Å². The Hall–Kier alpha value is -3.22. The zero-order chi connectivity index (χ0) is 30.0. The Bertz CT molecular complexity index is 1480. The van der Waals surface area contributed by atoms with Crippen molar-refractivity contribution in [3.63, 3.8) is 0 Å². The molecule has 2 heterocycles. The molecular formula is C36H48N4O2. The number of aryl methyl sites for hydroxylation is 2. The van der Waals surface area contributed by atoms with Gasteiger partial charge in [-0.3, -0.25) is 14.5 Å². The Balaban J connectivity index is 1.48. The first-order chi connectivity index (χ1) is 20.2. The van der Waals surface area contributed by atoms with E-state index in [2.05, 4.69) is 85.3 Å². The molecule has 1 fully saturated rings. The van der Waals surface area contributed by atoms with Crippen LogP contribution in [0.25, 0.3) is 11.1 Å². The molecule has 1 amide bonds. The number of aromatic amines is 1. The van der Waals surface area contributed by atoms with Gasteiger partial charge in [0.15, 0.2) is 0 Å². The highest BCUT2D eigenvalue weighted by Crippen LogP contribution is 2.43. The largest absolute Gasteiger partial charge is 0.348 e. The van der Waals surface area contributed by atoms with Gasteiger partial charge in [-0.2, -0.15) is 0 Å². The second-order valence-electron chi connectivity index (χ2n) is 12.6. The van der Waals surface area contributed by atoms with Gasteiger partial charge in [-0.05, 0) is 131 Å². The minimum atomic E-state index is -0.126. The Morgan fingerprint density at radius 3 is 2.48 bits per heavy atom. The van der Waals surface area contributed by atoms with Crippen LogP contribution in [0.15, 0.2) is 41.2 Å². The Labute approximate surface area is 251 Å². The van der Waals surface area contributed by atoms with E-state index < -0.39 is 0 Å². The van der Waals surface area contributed by atoms with Gasteiger partial charge in [0.2, 0.25) is 0 Å². The minimum Gasteiger partial charge on any atom is -0.348 e. The summed E-state index contributed by atoms with van der Waals surface area (Å²) in [5.74, 6) is -0.126. The molecule has 42 heavy (non-hydrogen) atoms. The monoisotopic (exact) mass is 568 g/mol. The molecule has 0 spiro atoms. The van der Waals surface area contributed by atoms with E-state index in [-0.39, 0.29) is 24.1 Å². The Morgan fingerprint density at radius 2 is 1.81 bits per heavy atom. The van der Waals surface area contributed by atoms with Crippen molar-refractivity contribution < 1.29 is 4.79 Å². The van der Waals surface area contributed by atoms with E-state index in [0.717, 1.165) is 53.6 Å². The standard InChI is InChI=1S/C36H48N4O2/c1-7-11-28-20-23(2)38-36(42)32(28)22-37-35(41)30-21-31(29-16-17-33(39(5)6)34(29)24(30)3)27-14-12-26(13-15-27)25(4)40-18-9-8-10-19-40/h12-15,20-21,25,33H,7-11,16-19,22H2,1-6H3,(H,37,41)(H,38,42). The fourth-order valence-corrected chi connectivity index (χ4v) is 7.20. The lowest BCUT2D eigenvalue weighted by Crippen LogP contribution is -2.32. The van der Waals surface area contributed by atoms with Crippen LogP contribution in [0.3, 0.4) is 0 Å². The van der Waals surface area contributed by atoms with Gasteiger partial charge in [-0.1, -0.05) is 44.0 Å². The quantitative estimate of drug-likeness (QED) is 0.304. The van der Waals surface area contributed by atoms with E-state index in [1.54, 1.807) is 0 Å². The number of benzene rings is 2. The number of fused-ring (bicyclic) bond motifs is 1. The van der Waals surface area contributed by atoms with Crippen LogP contribution in [-0.4, -0.2) is 47.9 Å². The van der Waals surface area contributed by atoms with Gasteiger partial charge in [0.1, 0.15) is 0 Å². The Kier molecular flexibility index (Phi) is 9.34. The third-order valence-corrected chi connectivity index (χ3v) is 9.57. The smallest absolute Gasteiger partial charge is 0.253 e. The number of hydrogen-bond donors (Lipinski definition) is 2. The van der Waals surface area contributed by atoms with Crippen molar-refractivity contribution in [2.24, 2.45) is 0 Å². The normalized spacial score (nSPS) is 17.8. The summed E-state index contributed by atoms with van der Waals surface area (Å²) in [5, 5.41) is 3.11. The predicted molar refractivity (Wildman–Crippen MR) is 172 cm³/mol. The lowest BCUT2D eigenvalue weighted by atomic mass is 9.88. The number of piperidine rings is 1. The molecule has 5 rings (SSSR count). The number of likely N-dealkylation sites (tertiary alicyclic amines) is 1. The highest BCUT2D eigenvalue weighted by Gasteiger charge is 2.31. The average Bonchev–Trinajstić information content (AvgIpc) is 3.44. The average molecular weight is 569 g/mol. The number of nitrogens with zero attached hydrogens (tertiary/aromatic N) is 2. The van der Waals surface area contributed by atoms with Crippen LogP contribution in [0.1, 0.15) is 107 Å². The summed E-state index contributed by atoms with van der Waals surface area (Å²) in [5.41, 5.74) is 10.5. The molecule has 3 aromatic rings. The fourth-order valence-electron chi connectivity index (χ4n) is 7.20. The van der Waals surface area contributed by atoms with Crippen molar-refractivity contribution in [1.82, 2.24) is 20.1 Å². The number of carbonyl (C=O) groups is 1. The number of amides is 1. The first-order valence-electron chi connectivity index (χ1n) is 15.9. The molecule has 1 saturated heterocycles. The maximum absolute atomic E-state index is 13.8. The molecule has 2 aliphatic rings. The second-order valence-corrected chi connectivity index (χ2v) is 12.6. The van der Waals surface area contributed by atoms with Gasteiger partial charge in [0.05, 0.1) is 0 Å². The molecule has 6 heteroatoms. The zero-order valence-electron chi connectivity index (χ0n) is 26.4. The molecule has 2 unspecified atom stereocenters. The van der Waals surface area contributed by atoms with Crippen molar-refractivity contribution in [3.05, 3.63) is 91.4 Å². The summed E-state index contributed by atoms with van der Waals surface area (Å²) < 4.78 is 0. The Morgan fingerprint density at radius 1 is 1.10 bits per heavy atom. The molecular weight excluding hydrogens is 520 g/mol. The van der Waals surface area contributed by atoms with Crippen LogP contribution < -0.4 is 10.9 Å². The van der Waals surface area contributed by atoms with Crippen LogP contribution in [0.4, 0.5) is 0 Å². The van der Waals surface area contributed by atoms with Crippen LogP contribution in [0.2, 0.25) is 0 Å². The molecule has 6 nitrogen and oxygen atoms in total. The van der Waals surface area contributed by atoms with Crippen LogP contribution >= 0.6 is 0 Å². The molecule has 2 atom stereocenters. The van der Waals surface area contributed by atoms with E-state index in [9.17, 15) is 9.59 Å². The van der Waals surface area contributed by atoms with Crippen LogP contribution in [0, 0.1) is 13.8 Å². The van der Waals surface area contributed by atoms with E-state index in [1.807, 2.05) is 13.0 Å². The number of hydrogen-bond acceptors (Lipinski definition) is 4. The van der Waals surface area contributed by atoms with Crippen molar-refractivity contribution in [1.29, 1.82) is 0 Å². The molecule has 0 saturated carbocycles. The molecule has 2 N–H and O–H groups in total. The molecule has 0 radical (unpaired) electrons. The number of aromatic nitrogens is 1. The van der Waals surface area contributed by atoms with E-state index in [1.165, 1.54) is 49.0 Å². The maximum atomic E-state index is 13.8. The van der Waals surface area contributed by atoms with E-state index in [4.69, 9.17) is 0 Å². The zero-order valence-corrected chi connectivity index (χ0v) is 26.4. The summed E-state index contributed by atoms with van der Waals surface area (Å²) in [4.78, 5) is 34.4. The fraction of sp³-hybridized carbons (Fsp3) is 0.500. The first-order valence-corrected chi connectivity index (χ1v) is 15.9. The van der Waals surface area contributed by atoms with E-state index >= 15 is 0 Å². The summed E-state index contributed by atoms with van der Waals surface area (Å²) in [6, 6.07) is 13.9. The van der Waals surface area contributed by atoms with E-state index in [0.29, 0.717) is 17.2 Å². The molecule has 1 aliphatic heterocycles. The maximum Gasteiger partial charge on any atom is 0.253 e. The van der Waals surface area contributed by atoms with Gasteiger partial charge in [0, 0.05) is 35.4 Å². The summed E-state index contributed by atoms with van der Waals surface area (Å²) in [7, 11) is 4.25. The third-order valence-electron chi connectivity index (χ3n) is 9.57. The van der Waals surface area contributed by atoms with Crippen molar-refractivity contribution in [2.45, 2.75) is 91.3 Å². The molecule has 1 aromatic heterocycles. The number of nitrogens with one attached hydrogen (secondary N) is 2. The topological polar surface area (TPSA) is 68.4 Å². The van der Waals surface area contributed by atoms with Gasteiger partial charge in [0.25, 0.3) is 11.5 Å². The highest BCUT2D eigenvalue weighted by molar-refractivity contribution is 5.98. The van der Waals surface area contributed by atoms with Gasteiger partial charge in [-0.15, -0.1) is 0 Å². The van der Waals surface area contributed by atoms with Gasteiger partial charge >= 0.3 is 0 Å². The first kappa shape index (κ1) is 30.2. The van der Waals surface area contributed by atoms with Crippen LogP contribution in [-0.2, 0) is 19.4 Å². The SMILES string of the molecule is CCCc1cc(C)[nH]c(=O)c1CNC(=O)c1cc(-c2ccc(C(C)N3CCCCC3)cc2)c2c(c1C)C(N(C)C)CC2. The number of rotatable bonds is 9. The lowest BCUT2D eigenvalue weighted by Gasteiger charge is -2.32. The highest BCUT2D eigenvalue weighted by atomic mass is 16.1. The molecule has 1 aliphatic carbocycles. The lowest BCUT2D eigenvalue weighted by molar-refractivity contribution is 0.0950. The summed E-state index contributed by atoms with van der Waals surface area (Å²) in [6.07, 6.45) is 7.72. The van der Waals surface area contributed by atoms with Gasteiger partial charge in [-0.25, -0.2) is 0 Å². The molecule has 0 bridgehead atoms. The molecule has 2 aromatic carbocycles. The number of H-pyrrole nitrogens is 1. The van der Waals surface area contributed by atoms with Crippen molar-refractivity contribution >= 4 is 5.91 Å². The van der Waals surface area contributed by atoms with Crippen molar-refractivity contribution in [2.75, 3.05) is 27.2 Å². The van der Waals surface area contributed by atoms with Crippen molar-refractivity contribution in [3.8, 4) is 11.1 Å². The van der Waals surface area contributed by atoms with Crippen LogP contribution in [0.5, 0.6) is 0 Å². The number of pyridine rings is 1. The second kappa shape index (κ2) is 13.0. The number of carbonyl (C=O) groups excluding carboxylic acids is 1. The minimum absolute atomic E-state index is 0.114. The summed E-state index contributed by atoms with van der Waals surface area (Å²) >= 11 is 0. The predicted octanol–water partition coefficient (Wildman–Crippen LogP) is 6.64. The third kappa shape index (κ3) is 6.11.